The molecule has 2 unspecified atom stereocenters. The number of carboxylic acid groups (broad SMARTS) is 1. The largest absolute Gasteiger partial charge is 0.542 e. The summed E-state index contributed by atoms with van der Waals surface area (Å²) in [7, 11) is 0. The molecule has 2 saturated heterocycles. The van der Waals surface area contributed by atoms with Crippen molar-refractivity contribution in [3.05, 3.63) is 58.7 Å². The molecule has 2 aromatic rings. The van der Waals surface area contributed by atoms with Crippen molar-refractivity contribution in [1.82, 2.24) is 25.8 Å². The molecule has 0 spiro atoms. The van der Waals surface area contributed by atoms with Crippen LogP contribution < -0.4 is 37.4 Å². The lowest BCUT2D eigenvalue weighted by molar-refractivity contribution is -0.362. The summed E-state index contributed by atoms with van der Waals surface area (Å²) >= 11 is 0. The van der Waals surface area contributed by atoms with Gasteiger partial charge in [-0.25, -0.2) is 4.79 Å². The number of hydrogen-bond donors (Lipinski definition) is 6. The zero-order chi connectivity index (χ0) is 44.7. The Labute approximate surface area is 338 Å². The van der Waals surface area contributed by atoms with E-state index in [1.807, 2.05) is 0 Å². The smallest absolute Gasteiger partial charge is 0.430 e. The lowest BCUT2D eigenvalue weighted by Crippen LogP contribution is -2.54. The second kappa shape index (κ2) is 18.8. The van der Waals surface area contributed by atoms with E-state index in [-0.39, 0.29) is 66.9 Å². The first kappa shape index (κ1) is 45.8. The predicted molar refractivity (Wildman–Crippen MR) is 196 cm³/mol. The third kappa shape index (κ3) is 10.8. The molecule has 4 heterocycles. The zero-order valence-corrected chi connectivity index (χ0v) is 32.4. The number of carbonyl (C=O) groups excluding carboxylic acids is 10. The molecule has 9 amide bonds. The summed E-state index contributed by atoms with van der Waals surface area (Å²) in [5.41, 5.74) is 5.00. The van der Waals surface area contributed by atoms with E-state index in [4.69, 9.17) is 14.6 Å². The zero-order valence-electron chi connectivity index (χ0n) is 32.4. The molecule has 2 aromatic carbocycles. The van der Waals surface area contributed by atoms with E-state index in [0.717, 1.165) is 9.80 Å². The average molecular weight is 847 g/mol. The van der Waals surface area contributed by atoms with Crippen molar-refractivity contribution in [2.75, 3.05) is 36.8 Å². The third-order valence-corrected chi connectivity index (χ3v) is 8.77. The van der Waals surface area contributed by atoms with E-state index in [0.29, 0.717) is 24.5 Å². The topological polar surface area (TPSA) is 297 Å². The Bertz CT molecular complexity index is 2120. The van der Waals surface area contributed by atoms with Gasteiger partial charge in [-0.3, -0.25) is 58.8 Å². The molecule has 20 nitrogen and oxygen atoms in total. The summed E-state index contributed by atoms with van der Waals surface area (Å²) in [6.45, 7) is 6.99. The van der Waals surface area contributed by atoms with Gasteiger partial charge in [-0.2, -0.15) is 13.2 Å². The summed E-state index contributed by atoms with van der Waals surface area (Å²) in [5, 5.41) is 21.8. The molecule has 4 aliphatic rings. The quantitative estimate of drug-likeness (QED) is 0.131. The molecule has 23 heteroatoms. The Morgan fingerprint density at radius 3 is 1.52 bits per heavy atom. The molecule has 0 bridgehead atoms. The Morgan fingerprint density at radius 2 is 1.15 bits per heavy atom. The van der Waals surface area contributed by atoms with Crippen LogP contribution in [0.1, 0.15) is 87.9 Å². The fourth-order valence-corrected chi connectivity index (χ4v) is 6.22. The van der Waals surface area contributed by atoms with Gasteiger partial charge < -0.3 is 36.3 Å². The van der Waals surface area contributed by atoms with Crippen LogP contribution in [0.15, 0.2) is 36.4 Å². The number of carbonyl (C=O) groups is 10. The highest BCUT2D eigenvalue weighted by Gasteiger charge is 2.47. The number of benzene rings is 2. The lowest BCUT2D eigenvalue weighted by atomic mass is 10.0. The molecule has 4 aliphatic heterocycles. The second-order valence-electron chi connectivity index (χ2n) is 14.3. The van der Waals surface area contributed by atoms with Crippen LogP contribution >= 0.6 is 0 Å². The third-order valence-electron chi connectivity index (χ3n) is 8.77. The van der Waals surface area contributed by atoms with Crippen LogP contribution in [-0.4, -0.2) is 119 Å². The Kier molecular flexibility index (Phi) is 14.3. The number of fused-ring (bicyclic) bond motifs is 2. The van der Waals surface area contributed by atoms with Gasteiger partial charge in [0.05, 0.1) is 35.3 Å². The van der Waals surface area contributed by atoms with E-state index >= 15 is 0 Å². The van der Waals surface area contributed by atoms with Crippen LogP contribution in [0.5, 0.6) is 0 Å². The summed E-state index contributed by atoms with van der Waals surface area (Å²) < 4.78 is 36.7. The molecule has 60 heavy (non-hydrogen) atoms. The number of piperidine rings is 2. The Balaban J connectivity index is 0.000000234. The summed E-state index contributed by atoms with van der Waals surface area (Å²) in [5.74, 6) is -7.25. The molecule has 0 saturated carbocycles. The SMILES string of the molecule is CC(C)(C)OC(=O)NCCNc1cccc2c1C(=O)N(C1CCC(=O)NC1=O)C2=O.O=C([O-])C(F)(F)F.[NH3+]CCNc1cccc2c1C(=O)N(C1CCC(=O)NC1=O)C2=O. The summed E-state index contributed by atoms with van der Waals surface area (Å²) in [6, 6.07) is 7.80. The summed E-state index contributed by atoms with van der Waals surface area (Å²) in [4.78, 5) is 120. The minimum Gasteiger partial charge on any atom is -0.542 e. The highest BCUT2D eigenvalue weighted by molar-refractivity contribution is 6.26. The van der Waals surface area contributed by atoms with Crippen LogP contribution in [0.3, 0.4) is 0 Å². The highest BCUT2D eigenvalue weighted by Crippen LogP contribution is 2.33. The van der Waals surface area contributed by atoms with Gasteiger partial charge in [0.2, 0.25) is 23.6 Å². The van der Waals surface area contributed by atoms with E-state index in [2.05, 4.69) is 32.3 Å². The van der Waals surface area contributed by atoms with Crippen molar-refractivity contribution < 1.29 is 76.7 Å². The molecule has 0 radical (unpaired) electrons. The minimum absolute atomic E-state index is 0.0608. The lowest BCUT2D eigenvalue weighted by Gasteiger charge is -2.27. The van der Waals surface area contributed by atoms with Gasteiger partial charge >= 0.3 is 12.3 Å². The molecule has 2 atom stereocenters. The van der Waals surface area contributed by atoms with Crippen molar-refractivity contribution in [2.24, 2.45) is 0 Å². The number of anilines is 2. The van der Waals surface area contributed by atoms with Gasteiger partial charge in [0.25, 0.3) is 23.6 Å². The van der Waals surface area contributed by atoms with Gasteiger partial charge in [0.1, 0.15) is 23.7 Å². The first-order valence-electron chi connectivity index (χ1n) is 18.3. The number of amides is 9. The van der Waals surface area contributed by atoms with Gasteiger partial charge in [0, 0.05) is 37.3 Å². The van der Waals surface area contributed by atoms with Crippen molar-refractivity contribution >= 4 is 70.7 Å². The number of ether oxygens (including phenoxy) is 1. The molecule has 8 N–H and O–H groups in total. The first-order chi connectivity index (χ1) is 28.1. The maximum Gasteiger partial charge on any atom is 0.430 e. The standard InChI is InChI=1S/C20H24N4O6.C15H16N4O4.C2HF3O2/c1-20(2,3)30-19(29)22-10-9-21-12-6-4-5-11-15(12)18(28)24(17(11)27)13-7-8-14(25)23-16(13)26;16-6-7-17-9-3-1-2-8-12(9)15(23)19(14(8)22)10-4-5-11(20)18-13(10)21;3-2(4,5)1(6)7/h4-6,13,21H,7-10H2,1-3H3,(H,22,29)(H,23,25,26);1-3,10,17H,4-7,16H2,(H,18,20,21);(H,6,7). The van der Waals surface area contributed by atoms with Crippen LogP contribution in [0, 0.1) is 0 Å². The number of quaternary nitrogens is 1. The number of rotatable bonds is 9. The number of alkyl carbamates (subject to hydrolysis) is 1. The number of imide groups is 4. The van der Waals surface area contributed by atoms with Crippen molar-refractivity contribution in [2.45, 2.75) is 70.3 Å². The molecule has 2 fully saturated rings. The van der Waals surface area contributed by atoms with E-state index < -0.39 is 77.3 Å². The van der Waals surface area contributed by atoms with Gasteiger partial charge in [-0.1, -0.05) is 12.1 Å². The maximum absolute atomic E-state index is 13.0. The minimum atomic E-state index is -5.19. The molecular formula is C37H41F3N8O12. The number of nitrogens with one attached hydrogen (secondary N) is 5. The van der Waals surface area contributed by atoms with E-state index in [9.17, 15) is 56.3 Å². The molecular weight excluding hydrogens is 805 g/mol. The maximum atomic E-state index is 13.0. The number of carboxylic acids is 1. The summed E-state index contributed by atoms with van der Waals surface area (Å²) in [6.07, 6.45) is -5.34. The molecule has 0 aliphatic carbocycles. The first-order valence-corrected chi connectivity index (χ1v) is 18.3. The van der Waals surface area contributed by atoms with Gasteiger partial charge in [-0.05, 0) is 57.9 Å². The fourth-order valence-electron chi connectivity index (χ4n) is 6.22. The fraction of sp³-hybridized carbons (Fsp3) is 0.405. The van der Waals surface area contributed by atoms with Crippen LogP contribution in [-0.2, 0) is 28.7 Å². The number of halogens is 3. The second-order valence-corrected chi connectivity index (χ2v) is 14.3. The number of alkyl halides is 3. The number of nitrogens with zero attached hydrogens (tertiary/aromatic N) is 2. The van der Waals surface area contributed by atoms with E-state index in [1.54, 1.807) is 51.1 Å². The number of hydrogen-bond acceptors (Lipinski definition) is 14. The monoisotopic (exact) mass is 846 g/mol. The normalized spacial score (nSPS) is 18.6. The Morgan fingerprint density at radius 1 is 0.733 bits per heavy atom. The van der Waals surface area contributed by atoms with Crippen LogP contribution in [0.25, 0.3) is 0 Å². The van der Waals surface area contributed by atoms with Gasteiger partial charge in [-0.15, -0.1) is 0 Å². The van der Waals surface area contributed by atoms with Crippen molar-refractivity contribution in [3.8, 4) is 0 Å². The number of aliphatic carboxylic acids is 1. The average Bonchev–Trinajstić information content (AvgIpc) is 3.56. The molecule has 0 aromatic heterocycles. The predicted octanol–water partition coefficient (Wildman–Crippen LogP) is -0.935. The Hall–Kier alpha value is -6.91. The van der Waals surface area contributed by atoms with E-state index in [1.165, 1.54) is 6.07 Å². The molecule has 322 valence electrons. The van der Waals surface area contributed by atoms with Crippen molar-refractivity contribution in [1.29, 1.82) is 0 Å². The van der Waals surface area contributed by atoms with Crippen molar-refractivity contribution in [3.63, 3.8) is 0 Å². The van der Waals surface area contributed by atoms with Crippen LogP contribution in [0.2, 0.25) is 0 Å². The highest BCUT2D eigenvalue weighted by atomic mass is 19.4. The van der Waals surface area contributed by atoms with Gasteiger partial charge in [0.15, 0.2) is 0 Å². The van der Waals surface area contributed by atoms with Crippen LogP contribution in [0.4, 0.5) is 29.3 Å². The molecule has 6 rings (SSSR count).